The number of thioether (sulfide) groups is 1. The summed E-state index contributed by atoms with van der Waals surface area (Å²) in [5, 5.41) is 0.621. The monoisotopic (exact) mass is 235 g/mol. The lowest BCUT2D eigenvalue weighted by molar-refractivity contribution is 0.453. The Morgan fingerprint density at radius 3 is 2.56 bits per heavy atom. The molecule has 0 spiro atoms. The Balaban J connectivity index is 2.05. The first-order valence-electron chi connectivity index (χ1n) is 6.16. The van der Waals surface area contributed by atoms with Crippen LogP contribution in [-0.4, -0.2) is 11.3 Å². The van der Waals surface area contributed by atoms with E-state index in [2.05, 4.69) is 32.0 Å². The summed E-state index contributed by atoms with van der Waals surface area (Å²) in [6, 6.07) is 7.13. The van der Waals surface area contributed by atoms with Crippen LogP contribution in [0.5, 0.6) is 0 Å². The van der Waals surface area contributed by atoms with E-state index < -0.39 is 0 Å². The minimum Gasteiger partial charge on any atom is -0.327 e. The quantitative estimate of drug-likeness (QED) is 0.846. The first kappa shape index (κ1) is 12.0. The van der Waals surface area contributed by atoms with Gasteiger partial charge in [0, 0.05) is 16.2 Å². The summed E-state index contributed by atoms with van der Waals surface area (Å²) in [5.41, 5.74) is 8.93. The van der Waals surface area contributed by atoms with Crippen molar-refractivity contribution in [2.45, 2.75) is 55.7 Å². The van der Waals surface area contributed by atoms with Gasteiger partial charge < -0.3 is 5.73 Å². The van der Waals surface area contributed by atoms with Gasteiger partial charge in [-0.1, -0.05) is 18.9 Å². The Bertz CT molecular complexity index is 362. The predicted octanol–water partition coefficient (Wildman–Crippen LogP) is 3.67. The molecule has 2 unspecified atom stereocenters. The summed E-state index contributed by atoms with van der Waals surface area (Å²) in [7, 11) is 0. The molecule has 1 nitrogen and oxygen atoms in total. The van der Waals surface area contributed by atoms with Crippen molar-refractivity contribution in [1.82, 2.24) is 0 Å². The normalized spacial score (nSPS) is 25.7. The van der Waals surface area contributed by atoms with Crippen LogP contribution in [0.25, 0.3) is 0 Å². The van der Waals surface area contributed by atoms with E-state index in [0.29, 0.717) is 11.3 Å². The lowest BCUT2D eigenvalue weighted by atomic mass is 9.96. The summed E-state index contributed by atoms with van der Waals surface area (Å²) in [6.07, 6.45) is 5.13. The third kappa shape index (κ3) is 2.80. The Hall–Kier alpha value is -0.470. The van der Waals surface area contributed by atoms with E-state index in [1.54, 1.807) is 0 Å². The van der Waals surface area contributed by atoms with Gasteiger partial charge in [0.1, 0.15) is 0 Å². The van der Waals surface area contributed by atoms with Gasteiger partial charge in [-0.3, -0.25) is 0 Å². The second-order valence-corrected chi connectivity index (χ2v) is 6.16. The first-order chi connectivity index (χ1) is 7.66. The van der Waals surface area contributed by atoms with Crippen molar-refractivity contribution in [2.24, 2.45) is 5.73 Å². The van der Waals surface area contributed by atoms with Gasteiger partial charge in [0.25, 0.3) is 0 Å². The van der Waals surface area contributed by atoms with Gasteiger partial charge in [-0.05, 0) is 49.9 Å². The van der Waals surface area contributed by atoms with Crippen molar-refractivity contribution in [1.29, 1.82) is 0 Å². The highest BCUT2D eigenvalue weighted by molar-refractivity contribution is 8.00. The molecule has 2 N–H and O–H groups in total. The highest BCUT2D eigenvalue weighted by Crippen LogP contribution is 2.33. The smallest absolute Gasteiger partial charge is 0.0246 e. The van der Waals surface area contributed by atoms with Gasteiger partial charge in [-0.25, -0.2) is 0 Å². The zero-order chi connectivity index (χ0) is 11.5. The van der Waals surface area contributed by atoms with E-state index in [-0.39, 0.29) is 0 Å². The average molecular weight is 235 g/mol. The van der Waals surface area contributed by atoms with Crippen LogP contribution in [0.2, 0.25) is 0 Å². The molecular formula is C14H21NS. The number of rotatable bonds is 2. The van der Waals surface area contributed by atoms with Crippen molar-refractivity contribution in [3.8, 4) is 0 Å². The van der Waals surface area contributed by atoms with Crippen molar-refractivity contribution < 1.29 is 0 Å². The third-order valence-electron chi connectivity index (χ3n) is 3.52. The summed E-state index contributed by atoms with van der Waals surface area (Å²) in [5.74, 6) is 0. The lowest BCUT2D eigenvalue weighted by Crippen LogP contribution is -2.35. The second-order valence-electron chi connectivity index (χ2n) is 4.85. The number of aryl methyl sites for hydroxylation is 2. The standard InChI is InChI=1S/C14H21NS/c1-10-7-8-12(9-11(10)2)16-14-6-4-3-5-13(14)15/h7-9,13-14H,3-6,15H2,1-2H3. The molecule has 1 aromatic rings. The molecule has 0 bridgehead atoms. The van der Waals surface area contributed by atoms with Crippen LogP contribution in [0.3, 0.4) is 0 Å². The maximum Gasteiger partial charge on any atom is 0.0246 e. The van der Waals surface area contributed by atoms with E-state index >= 15 is 0 Å². The Morgan fingerprint density at radius 1 is 1.12 bits per heavy atom. The highest BCUT2D eigenvalue weighted by Gasteiger charge is 2.22. The molecule has 0 heterocycles. The van der Waals surface area contributed by atoms with Gasteiger partial charge in [0.15, 0.2) is 0 Å². The average Bonchev–Trinajstić information content (AvgIpc) is 2.27. The van der Waals surface area contributed by atoms with Crippen molar-refractivity contribution in [3.05, 3.63) is 29.3 Å². The van der Waals surface area contributed by atoms with Gasteiger partial charge >= 0.3 is 0 Å². The molecule has 1 fully saturated rings. The van der Waals surface area contributed by atoms with Crippen molar-refractivity contribution >= 4 is 11.8 Å². The Morgan fingerprint density at radius 2 is 1.88 bits per heavy atom. The zero-order valence-corrected chi connectivity index (χ0v) is 11.0. The molecule has 1 aromatic carbocycles. The summed E-state index contributed by atoms with van der Waals surface area (Å²) < 4.78 is 0. The lowest BCUT2D eigenvalue weighted by Gasteiger charge is -2.28. The Labute approximate surface area is 103 Å². The van der Waals surface area contributed by atoms with E-state index in [0.717, 1.165) is 0 Å². The van der Waals surface area contributed by atoms with Gasteiger partial charge in [0.05, 0.1) is 0 Å². The van der Waals surface area contributed by atoms with E-state index in [1.807, 2.05) is 11.8 Å². The molecule has 2 heteroatoms. The highest BCUT2D eigenvalue weighted by atomic mass is 32.2. The molecule has 1 saturated carbocycles. The second kappa shape index (κ2) is 5.24. The fraction of sp³-hybridized carbons (Fsp3) is 0.571. The van der Waals surface area contributed by atoms with Crippen LogP contribution in [0, 0.1) is 13.8 Å². The molecule has 2 rings (SSSR count). The zero-order valence-electron chi connectivity index (χ0n) is 10.2. The fourth-order valence-electron chi connectivity index (χ4n) is 2.23. The maximum atomic E-state index is 6.17. The first-order valence-corrected chi connectivity index (χ1v) is 7.04. The summed E-state index contributed by atoms with van der Waals surface area (Å²) >= 11 is 1.97. The van der Waals surface area contributed by atoms with Crippen LogP contribution in [-0.2, 0) is 0 Å². The molecule has 0 radical (unpaired) electrons. The van der Waals surface area contributed by atoms with Gasteiger partial charge in [-0.2, -0.15) is 0 Å². The number of nitrogens with two attached hydrogens (primary N) is 1. The number of hydrogen-bond acceptors (Lipinski definition) is 2. The van der Waals surface area contributed by atoms with Crippen LogP contribution < -0.4 is 5.73 Å². The maximum absolute atomic E-state index is 6.17. The van der Waals surface area contributed by atoms with Crippen molar-refractivity contribution in [3.63, 3.8) is 0 Å². The Kier molecular flexibility index (Phi) is 3.93. The molecular weight excluding hydrogens is 214 g/mol. The summed E-state index contributed by atoms with van der Waals surface area (Å²) in [4.78, 5) is 1.38. The van der Waals surface area contributed by atoms with Crippen LogP contribution in [0.15, 0.2) is 23.1 Å². The minimum absolute atomic E-state index is 0.389. The molecule has 2 atom stereocenters. The summed E-state index contributed by atoms with van der Waals surface area (Å²) in [6.45, 7) is 4.34. The molecule has 0 saturated heterocycles. The van der Waals surface area contributed by atoms with E-state index in [4.69, 9.17) is 5.73 Å². The number of hydrogen-bond donors (Lipinski definition) is 1. The SMILES string of the molecule is Cc1ccc(SC2CCCCC2N)cc1C. The third-order valence-corrected chi connectivity index (χ3v) is 4.93. The molecule has 1 aliphatic carbocycles. The number of benzene rings is 1. The van der Waals surface area contributed by atoms with Gasteiger partial charge in [-0.15, -0.1) is 11.8 Å². The van der Waals surface area contributed by atoms with E-state index in [9.17, 15) is 0 Å². The van der Waals surface area contributed by atoms with Gasteiger partial charge in [0.2, 0.25) is 0 Å². The largest absolute Gasteiger partial charge is 0.327 e. The van der Waals surface area contributed by atoms with E-state index in [1.165, 1.54) is 41.7 Å². The van der Waals surface area contributed by atoms with Crippen LogP contribution in [0.1, 0.15) is 36.8 Å². The van der Waals surface area contributed by atoms with Crippen LogP contribution >= 0.6 is 11.8 Å². The minimum atomic E-state index is 0.389. The topological polar surface area (TPSA) is 26.0 Å². The predicted molar refractivity (Wildman–Crippen MR) is 72.0 cm³/mol. The molecule has 88 valence electrons. The molecule has 0 aromatic heterocycles. The molecule has 16 heavy (non-hydrogen) atoms. The fourth-order valence-corrected chi connectivity index (χ4v) is 3.57. The molecule has 0 aliphatic heterocycles. The molecule has 0 amide bonds. The van der Waals surface area contributed by atoms with Crippen molar-refractivity contribution in [2.75, 3.05) is 0 Å². The molecule has 1 aliphatic rings. The van der Waals surface area contributed by atoms with Crippen LogP contribution in [0.4, 0.5) is 0 Å².